The van der Waals surface area contributed by atoms with Crippen LogP contribution in [0.4, 0.5) is 0 Å². The summed E-state index contributed by atoms with van der Waals surface area (Å²) in [5, 5.41) is 0. The first-order valence-electron chi connectivity index (χ1n) is 2.61. The van der Waals surface area contributed by atoms with Crippen molar-refractivity contribution in [1.82, 2.24) is 0 Å². The minimum atomic E-state index is 0.566. The lowest BCUT2D eigenvalue weighted by atomic mass is 10.2. The molecule has 0 saturated carbocycles. The second-order valence-electron chi connectivity index (χ2n) is 1.64. The summed E-state index contributed by atoms with van der Waals surface area (Å²) in [4.78, 5) is 13.8. The molecule has 0 bridgehead atoms. The molecule has 2 nitrogen and oxygen atoms in total. The van der Waals surface area contributed by atoms with Gasteiger partial charge in [0.2, 0.25) is 0 Å². The molecule has 0 radical (unpaired) electrons. The van der Waals surface area contributed by atoms with Crippen LogP contribution in [0.3, 0.4) is 0 Å². The maximum Gasteiger partial charge on any atom is 0.168 e. The fraction of sp³-hybridized carbons (Fsp3) is 0.333. The van der Waals surface area contributed by atoms with Gasteiger partial charge in [-0.3, -0.25) is 9.79 Å². The summed E-state index contributed by atoms with van der Waals surface area (Å²) in [6.07, 6.45) is 6.31. The fourth-order valence-corrected chi connectivity index (χ4v) is 0.607. The van der Waals surface area contributed by atoms with Crippen LogP contribution in [0.5, 0.6) is 0 Å². The number of nitrogens with zero attached hydrogens (tertiary/aromatic N) is 1. The molecule has 8 heavy (non-hydrogen) atoms. The zero-order chi connectivity index (χ0) is 5.82. The molecular weight excluding hydrogens is 102 g/mol. The molecule has 1 heterocycles. The molecular formula is C6H7NO. The van der Waals surface area contributed by atoms with Crippen molar-refractivity contribution in [2.24, 2.45) is 4.99 Å². The largest absolute Gasteiger partial charge is 0.296 e. The van der Waals surface area contributed by atoms with Crippen molar-refractivity contribution in [2.75, 3.05) is 0 Å². The lowest BCUT2D eigenvalue weighted by molar-refractivity contribution is -0.104. The smallest absolute Gasteiger partial charge is 0.168 e. The third-order valence-corrected chi connectivity index (χ3v) is 1.01. The summed E-state index contributed by atoms with van der Waals surface area (Å²) in [7, 11) is 0. The maximum atomic E-state index is 9.98. The molecule has 0 aromatic carbocycles. The first kappa shape index (κ1) is 5.22. The molecule has 42 valence electrons. The maximum absolute atomic E-state index is 9.98. The van der Waals surface area contributed by atoms with E-state index in [-0.39, 0.29) is 0 Å². The van der Waals surface area contributed by atoms with Crippen molar-refractivity contribution in [3.63, 3.8) is 0 Å². The Morgan fingerprint density at radius 1 is 1.62 bits per heavy atom. The van der Waals surface area contributed by atoms with Gasteiger partial charge >= 0.3 is 0 Å². The normalized spacial score (nSPS) is 17.8. The SMILES string of the molecule is O=CC1=CCCC=N1. The van der Waals surface area contributed by atoms with Gasteiger partial charge in [0.05, 0.1) is 5.70 Å². The molecule has 1 aliphatic rings. The minimum Gasteiger partial charge on any atom is -0.296 e. The molecule has 0 aromatic heterocycles. The quantitative estimate of drug-likeness (QED) is 0.460. The van der Waals surface area contributed by atoms with E-state index in [0.29, 0.717) is 5.70 Å². The lowest BCUT2D eigenvalue weighted by Crippen LogP contribution is -1.88. The van der Waals surface area contributed by atoms with Crippen LogP contribution in [0.25, 0.3) is 0 Å². The van der Waals surface area contributed by atoms with Gasteiger partial charge < -0.3 is 0 Å². The van der Waals surface area contributed by atoms with Crippen molar-refractivity contribution in [3.05, 3.63) is 11.8 Å². The number of carbonyl (C=O) groups is 1. The number of carbonyl (C=O) groups excluding carboxylic acids is 1. The van der Waals surface area contributed by atoms with Gasteiger partial charge in [0, 0.05) is 6.21 Å². The number of aliphatic imine (C=N–C) groups is 1. The predicted octanol–water partition coefficient (Wildman–Crippen LogP) is 0.934. The van der Waals surface area contributed by atoms with E-state index in [2.05, 4.69) is 4.99 Å². The van der Waals surface area contributed by atoms with Crippen molar-refractivity contribution in [2.45, 2.75) is 12.8 Å². The van der Waals surface area contributed by atoms with Crippen LogP contribution in [0.1, 0.15) is 12.8 Å². The van der Waals surface area contributed by atoms with E-state index >= 15 is 0 Å². The van der Waals surface area contributed by atoms with E-state index < -0.39 is 0 Å². The summed E-state index contributed by atoms with van der Waals surface area (Å²) in [6, 6.07) is 0. The summed E-state index contributed by atoms with van der Waals surface area (Å²) >= 11 is 0. The molecule has 1 rings (SSSR count). The molecule has 0 saturated heterocycles. The summed E-state index contributed by atoms with van der Waals surface area (Å²) < 4.78 is 0. The van der Waals surface area contributed by atoms with E-state index in [9.17, 15) is 4.79 Å². The van der Waals surface area contributed by atoms with E-state index in [4.69, 9.17) is 0 Å². The zero-order valence-corrected chi connectivity index (χ0v) is 4.50. The summed E-state index contributed by atoms with van der Waals surface area (Å²) in [6.45, 7) is 0. The molecule has 0 unspecified atom stereocenters. The monoisotopic (exact) mass is 109 g/mol. The highest BCUT2D eigenvalue weighted by atomic mass is 16.1. The molecule has 0 amide bonds. The molecule has 0 fully saturated rings. The van der Waals surface area contributed by atoms with Crippen LogP contribution in [-0.2, 0) is 4.79 Å². The number of hydrogen-bond acceptors (Lipinski definition) is 2. The van der Waals surface area contributed by atoms with Gasteiger partial charge in [0.1, 0.15) is 0 Å². The van der Waals surface area contributed by atoms with Gasteiger partial charge in [0.15, 0.2) is 6.29 Å². The van der Waals surface area contributed by atoms with Crippen LogP contribution in [0.15, 0.2) is 16.8 Å². The van der Waals surface area contributed by atoms with Gasteiger partial charge in [-0.15, -0.1) is 0 Å². The van der Waals surface area contributed by atoms with Crippen LogP contribution >= 0.6 is 0 Å². The van der Waals surface area contributed by atoms with Crippen LogP contribution in [-0.4, -0.2) is 12.5 Å². The Balaban J connectivity index is 2.64. The van der Waals surface area contributed by atoms with Crippen molar-refractivity contribution >= 4 is 12.5 Å². The second-order valence-corrected chi connectivity index (χ2v) is 1.64. The Morgan fingerprint density at radius 3 is 2.88 bits per heavy atom. The highest BCUT2D eigenvalue weighted by molar-refractivity contribution is 5.78. The van der Waals surface area contributed by atoms with Crippen molar-refractivity contribution in [3.8, 4) is 0 Å². The van der Waals surface area contributed by atoms with Crippen molar-refractivity contribution in [1.29, 1.82) is 0 Å². The highest BCUT2D eigenvalue weighted by Gasteiger charge is 1.92. The topological polar surface area (TPSA) is 29.4 Å². The number of aldehydes is 1. The summed E-state index contributed by atoms with van der Waals surface area (Å²) in [5.41, 5.74) is 0.566. The van der Waals surface area contributed by atoms with E-state index in [1.165, 1.54) is 0 Å². The Bertz CT molecular complexity index is 147. The zero-order valence-electron chi connectivity index (χ0n) is 4.50. The Kier molecular flexibility index (Phi) is 1.57. The molecule has 0 aliphatic carbocycles. The van der Waals surface area contributed by atoms with Gasteiger partial charge in [-0.05, 0) is 12.8 Å². The first-order chi connectivity index (χ1) is 3.93. The van der Waals surface area contributed by atoms with E-state index in [1.807, 2.05) is 6.08 Å². The molecule has 0 atom stereocenters. The third-order valence-electron chi connectivity index (χ3n) is 1.01. The van der Waals surface area contributed by atoms with Gasteiger partial charge in [-0.1, -0.05) is 6.08 Å². The van der Waals surface area contributed by atoms with Crippen LogP contribution < -0.4 is 0 Å². The van der Waals surface area contributed by atoms with Gasteiger partial charge in [-0.25, -0.2) is 0 Å². The Morgan fingerprint density at radius 2 is 2.50 bits per heavy atom. The summed E-state index contributed by atoms with van der Waals surface area (Å²) in [5.74, 6) is 0. The molecule has 0 aromatic rings. The van der Waals surface area contributed by atoms with Crippen LogP contribution in [0, 0.1) is 0 Å². The van der Waals surface area contributed by atoms with Crippen LogP contribution in [0.2, 0.25) is 0 Å². The second kappa shape index (κ2) is 2.40. The number of rotatable bonds is 1. The van der Waals surface area contributed by atoms with E-state index in [0.717, 1.165) is 19.1 Å². The van der Waals surface area contributed by atoms with Crippen molar-refractivity contribution < 1.29 is 4.79 Å². The standard InChI is InChI=1S/C6H7NO/c8-5-6-3-1-2-4-7-6/h3-5H,1-2H2. The molecule has 1 aliphatic heterocycles. The third kappa shape index (κ3) is 1.03. The highest BCUT2D eigenvalue weighted by Crippen LogP contribution is 2.02. The predicted molar refractivity (Wildman–Crippen MR) is 31.9 cm³/mol. The van der Waals surface area contributed by atoms with E-state index in [1.54, 1.807) is 6.21 Å². The Hall–Kier alpha value is -0.920. The van der Waals surface area contributed by atoms with Gasteiger partial charge in [-0.2, -0.15) is 0 Å². The average Bonchev–Trinajstić information content (AvgIpc) is 1.90. The molecule has 2 heteroatoms. The minimum absolute atomic E-state index is 0.566. The number of hydrogen-bond donors (Lipinski definition) is 0. The molecule has 0 N–H and O–H groups in total. The number of allylic oxidation sites excluding steroid dienone is 2. The fourth-order valence-electron chi connectivity index (χ4n) is 0.607. The average molecular weight is 109 g/mol. The Labute approximate surface area is 47.9 Å². The molecule has 0 spiro atoms. The lowest BCUT2D eigenvalue weighted by Gasteiger charge is -1.95. The van der Waals surface area contributed by atoms with Gasteiger partial charge in [0.25, 0.3) is 0 Å². The first-order valence-corrected chi connectivity index (χ1v) is 2.61.